The Balaban J connectivity index is 2.14. The Morgan fingerprint density at radius 1 is 1.32 bits per heavy atom. The smallest absolute Gasteiger partial charge is 0.273 e. The summed E-state index contributed by atoms with van der Waals surface area (Å²) in [7, 11) is 0. The van der Waals surface area contributed by atoms with E-state index in [2.05, 4.69) is 15.6 Å². The summed E-state index contributed by atoms with van der Waals surface area (Å²) in [5, 5.41) is 40.2. The Morgan fingerprint density at radius 2 is 2.07 bits per heavy atom. The van der Waals surface area contributed by atoms with E-state index >= 15 is 0 Å². The number of aromatic nitrogens is 1. The van der Waals surface area contributed by atoms with Crippen LogP contribution in [0.3, 0.4) is 0 Å². The number of nitrogens with zero attached hydrogens (tertiary/aromatic N) is 2. The number of phenols is 2. The number of phenolic OH excluding ortho intramolecular Hbond substituents is 2. The molecule has 28 heavy (non-hydrogen) atoms. The van der Waals surface area contributed by atoms with Gasteiger partial charge in [0.25, 0.3) is 5.91 Å². The lowest BCUT2D eigenvalue weighted by molar-refractivity contribution is 0.0822. The third kappa shape index (κ3) is 3.53. The fraction of sp³-hybridized carbons (Fsp3) is 0.421. The van der Waals surface area contributed by atoms with E-state index in [4.69, 9.17) is 9.36 Å². The molecule has 1 amide bonds. The topological polar surface area (TPSA) is 137 Å². The molecule has 9 heteroatoms. The summed E-state index contributed by atoms with van der Waals surface area (Å²) in [5.41, 5.74) is 1.66. The highest BCUT2D eigenvalue weighted by Crippen LogP contribution is 2.43. The number of aliphatic hydroxyl groups is 1. The second-order valence-electron chi connectivity index (χ2n) is 6.83. The van der Waals surface area contributed by atoms with Gasteiger partial charge in [-0.05, 0) is 24.5 Å². The third-order valence-electron chi connectivity index (χ3n) is 4.53. The number of hydrogen-bond acceptors (Lipinski definition) is 8. The molecule has 1 atom stereocenters. The highest BCUT2D eigenvalue weighted by Gasteiger charge is 2.35. The van der Waals surface area contributed by atoms with E-state index in [1.54, 1.807) is 13.0 Å². The van der Waals surface area contributed by atoms with Crippen molar-refractivity contribution in [1.82, 2.24) is 10.5 Å². The summed E-state index contributed by atoms with van der Waals surface area (Å²) in [6.07, 6.45) is -0.441. The molecule has 9 nitrogen and oxygen atoms in total. The highest BCUT2D eigenvalue weighted by molar-refractivity contribution is 5.96. The van der Waals surface area contributed by atoms with Crippen molar-refractivity contribution < 1.29 is 29.5 Å². The van der Waals surface area contributed by atoms with Gasteiger partial charge in [-0.2, -0.15) is 0 Å². The zero-order chi connectivity index (χ0) is 20.4. The maximum Gasteiger partial charge on any atom is 0.273 e. The second kappa shape index (κ2) is 7.89. The van der Waals surface area contributed by atoms with Gasteiger partial charge in [0.1, 0.15) is 11.5 Å². The van der Waals surface area contributed by atoms with Crippen molar-refractivity contribution in [3.05, 3.63) is 29.0 Å². The van der Waals surface area contributed by atoms with Crippen LogP contribution in [0.5, 0.6) is 11.5 Å². The van der Waals surface area contributed by atoms with E-state index in [0.29, 0.717) is 23.4 Å². The van der Waals surface area contributed by atoms with Gasteiger partial charge in [0.2, 0.25) is 0 Å². The number of nitrogens with one attached hydrogen (secondary N) is 1. The van der Waals surface area contributed by atoms with E-state index in [0.717, 1.165) is 0 Å². The fourth-order valence-corrected chi connectivity index (χ4v) is 3.11. The van der Waals surface area contributed by atoms with E-state index in [-0.39, 0.29) is 47.5 Å². The largest absolute Gasteiger partial charge is 0.508 e. The van der Waals surface area contributed by atoms with Crippen LogP contribution in [0, 0.1) is 0 Å². The van der Waals surface area contributed by atoms with Gasteiger partial charge in [-0.1, -0.05) is 24.2 Å². The zero-order valence-corrected chi connectivity index (χ0v) is 15.9. The lowest BCUT2D eigenvalue weighted by Gasteiger charge is -2.14. The van der Waals surface area contributed by atoms with Crippen LogP contribution in [-0.4, -0.2) is 45.2 Å². The van der Waals surface area contributed by atoms with E-state index in [9.17, 15) is 20.1 Å². The molecule has 0 fully saturated rings. The zero-order valence-electron chi connectivity index (χ0n) is 15.9. The lowest BCUT2D eigenvalue weighted by atomic mass is 9.94. The maximum absolute atomic E-state index is 12.5. The molecule has 0 aliphatic carbocycles. The van der Waals surface area contributed by atoms with Gasteiger partial charge < -0.3 is 30.0 Å². The lowest BCUT2D eigenvalue weighted by Crippen LogP contribution is -2.24. The van der Waals surface area contributed by atoms with Crippen LogP contribution < -0.4 is 5.32 Å². The summed E-state index contributed by atoms with van der Waals surface area (Å²) in [5.74, 6) is -0.566. The molecule has 1 aromatic heterocycles. The number of carbonyl (C=O) groups excluding carboxylic acids is 1. The molecule has 3 rings (SSSR count). The Kier molecular flexibility index (Phi) is 5.55. The summed E-state index contributed by atoms with van der Waals surface area (Å²) in [6, 6.07) is 2.83. The molecule has 1 aromatic carbocycles. The van der Waals surface area contributed by atoms with Crippen LogP contribution in [0.15, 0.2) is 21.8 Å². The summed E-state index contributed by atoms with van der Waals surface area (Å²) in [6.45, 7) is 5.71. The normalized spacial score (nSPS) is 16.2. The number of aliphatic hydroxyl groups excluding tert-OH is 1. The fourth-order valence-electron chi connectivity index (χ4n) is 3.11. The van der Waals surface area contributed by atoms with Crippen LogP contribution >= 0.6 is 0 Å². The van der Waals surface area contributed by atoms with Gasteiger partial charge in [-0.3, -0.25) is 4.79 Å². The molecular weight excluding hydrogens is 366 g/mol. The molecule has 2 heterocycles. The average molecular weight is 389 g/mol. The molecule has 0 bridgehead atoms. The van der Waals surface area contributed by atoms with Crippen molar-refractivity contribution in [2.75, 3.05) is 13.2 Å². The first-order valence-corrected chi connectivity index (χ1v) is 9.03. The summed E-state index contributed by atoms with van der Waals surface area (Å²) >= 11 is 0. The van der Waals surface area contributed by atoms with Crippen molar-refractivity contribution in [3.8, 4) is 22.8 Å². The Labute approximate surface area is 161 Å². The average Bonchev–Trinajstić information content (AvgIpc) is 3.28. The van der Waals surface area contributed by atoms with Crippen LogP contribution in [-0.2, 0) is 4.84 Å². The molecule has 4 N–H and O–H groups in total. The van der Waals surface area contributed by atoms with Crippen LogP contribution in [0.4, 0.5) is 0 Å². The van der Waals surface area contributed by atoms with Crippen LogP contribution in [0.1, 0.15) is 60.8 Å². The molecule has 0 saturated carbocycles. The minimum absolute atomic E-state index is 0.0133. The maximum atomic E-state index is 12.5. The first-order valence-electron chi connectivity index (χ1n) is 9.03. The molecule has 1 aliphatic heterocycles. The van der Waals surface area contributed by atoms with Crippen molar-refractivity contribution in [2.24, 2.45) is 5.16 Å². The number of oxime groups is 1. The molecule has 2 aromatic rings. The number of amides is 1. The third-order valence-corrected chi connectivity index (χ3v) is 4.53. The molecule has 0 radical (unpaired) electrons. The first kappa shape index (κ1) is 19.7. The van der Waals surface area contributed by atoms with Gasteiger partial charge in [0.05, 0.1) is 23.4 Å². The number of hydrogen-bond donors (Lipinski definition) is 4. The van der Waals surface area contributed by atoms with E-state index < -0.39 is 12.0 Å². The summed E-state index contributed by atoms with van der Waals surface area (Å²) < 4.78 is 5.44. The molecule has 150 valence electrons. The standard InChI is InChI=1S/C19H23N3O6/c1-4-20-19(26)17-16(15-5-10(8-23)21-27-15)18(28-22-17)12-6-11(9(2)3)13(24)7-14(12)25/h6-7,9,15,23-25H,4-5,8H2,1-3H3,(H,20,26). The van der Waals surface area contributed by atoms with Crippen LogP contribution in [0.2, 0.25) is 0 Å². The Hall–Kier alpha value is -3.07. The predicted molar refractivity (Wildman–Crippen MR) is 100 cm³/mol. The number of benzene rings is 1. The minimum atomic E-state index is -0.697. The molecule has 0 saturated heterocycles. The second-order valence-corrected chi connectivity index (χ2v) is 6.83. The highest BCUT2D eigenvalue weighted by atomic mass is 16.6. The van der Waals surface area contributed by atoms with Crippen LogP contribution in [0.25, 0.3) is 11.3 Å². The van der Waals surface area contributed by atoms with Gasteiger partial charge >= 0.3 is 0 Å². The van der Waals surface area contributed by atoms with Crippen molar-refractivity contribution in [2.45, 2.75) is 39.2 Å². The van der Waals surface area contributed by atoms with Gasteiger partial charge in [0, 0.05) is 19.0 Å². The van der Waals surface area contributed by atoms with Gasteiger partial charge in [-0.15, -0.1) is 0 Å². The van der Waals surface area contributed by atoms with Gasteiger partial charge in [-0.25, -0.2) is 0 Å². The van der Waals surface area contributed by atoms with E-state index in [1.807, 2.05) is 13.8 Å². The number of rotatable bonds is 6. The minimum Gasteiger partial charge on any atom is -0.508 e. The predicted octanol–water partition coefficient (Wildman–Crippen LogP) is 2.44. The van der Waals surface area contributed by atoms with Gasteiger partial charge in [0.15, 0.2) is 17.6 Å². The van der Waals surface area contributed by atoms with Crippen molar-refractivity contribution >= 4 is 11.6 Å². The Morgan fingerprint density at radius 3 is 2.68 bits per heavy atom. The number of aromatic hydroxyl groups is 2. The van der Waals surface area contributed by atoms with Crippen molar-refractivity contribution in [1.29, 1.82) is 0 Å². The SMILES string of the molecule is CCNC(=O)c1noc(-c2cc(C(C)C)c(O)cc2O)c1C1CC(CO)=NO1. The quantitative estimate of drug-likeness (QED) is 0.595. The summed E-state index contributed by atoms with van der Waals surface area (Å²) in [4.78, 5) is 17.8. The molecular formula is C19H23N3O6. The first-order chi connectivity index (χ1) is 13.4. The van der Waals surface area contributed by atoms with E-state index in [1.165, 1.54) is 6.07 Å². The molecule has 1 aliphatic rings. The monoisotopic (exact) mass is 389 g/mol. The van der Waals surface area contributed by atoms with Crippen molar-refractivity contribution in [3.63, 3.8) is 0 Å². The number of carbonyl (C=O) groups is 1. The Bertz CT molecular complexity index is 919. The molecule has 0 spiro atoms. The molecule has 1 unspecified atom stereocenters.